The number of phenols is 1. The number of phenolic OH excluding ortho intramolecular Hbond substituents is 1. The summed E-state index contributed by atoms with van der Waals surface area (Å²) in [5.41, 5.74) is 3.24. The molecular formula is C37H46N2O5. The Bertz CT molecular complexity index is 1490. The number of allylic oxidation sites excluding steroid dienone is 2. The number of rotatable bonds is 5. The Morgan fingerprint density at radius 1 is 1.02 bits per heavy atom. The highest BCUT2D eigenvalue weighted by Crippen LogP contribution is 2.59. The van der Waals surface area contributed by atoms with Crippen LogP contribution in [-0.2, 0) is 6.42 Å². The number of fused-ring (bicyclic) bond motifs is 8. The largest absolute Gasteiger partial charge is 0.506 e. The van der Waals surface area contributed by atoms with E-state index >= 15 is 0 Å². The van der Waals surface area contributed by atoms with Crippen LogP contribution >= 0.6 is 0 Å². The number of piperazine rings is 1. The van der Waals surface area contributed by atoms with Crippen LogP contribution in [0.2, 0.25) is 0 Å². The number of para-hydroxylation sites is 2. The highest BCUT2D eigenvalue weighted by Gasteiger charge is 2.57. The summed E-state index contributed by atoms with van der Waals surface area (Å²) in [6.45, 7) is 8.11. The fourth-order valence-corrected chi connectivity index (χ4v) is 7.99. The number of aliphatic hydroxyl groups excluding tert-OH is 1. The predicted octanol–water partition coefficient (Wildman–Crippen LogP) is 6.08. The summed E-state index contributed by atoms with van der Waals surface area (Å²) in [7, 11) is 0. The maximum absolute atomic E-state index is 13.9. The fourth-order valence-electron chi connectivity index (χ4n) is 7.99. The Balaban J connectivity index is 1.32. The van der Waals surface area contributed by atoms with Gasteiger partial charge in [-0.3, -0.25) is 9.69 Å². The Morgan fingerprint density at radius 2 is 1.82 bits per heavy atom. The van der Waals surface area contributed by atoms with Crippen LogP contribution in [0.3, 0.4) is 0 Å². The number of carbonyl (C=O) groups excluding carboxylic acids is 1. The predicted molar refractivity (Wildman–Crippen MR) is 172 cm³/mol. The fraction of sp³-hybridized carbons (Fsp3) is 0.486. The minimum Gasteiger partial charge on any atom is -0.506 e. The van der Waals surface area contributed by atoms with Gasteiger partial charge in [0.15, 0.2) is 5.76 Å². The lowest BCUT2D eigenvalue weighted by Crippen LogP contribution is -2.56. The van der Waals surface area contributed by atoms with E-state index in [4.69, 9.17) is 4.42 Å². The van der Waals surface area contributed by atoms with Crippen LogP contribution in [0.5, 0.6) is 5.75 Å². The molecule has 234 valence electrons. The number of carbonyl (C=O) groups is 1. The summed E-state index contributed by atoms with van der Waals surface area (Å²) in [6.07, 6.45) is 8.38. The molecule has 2 aromatic carbocycles. The number of hydrogen-bond donors (Lipinski definition) is 3. The molecule has 0 amide bonds. The number of aromatic hydroxyl groups is 1. The molecule has 3 N–H and O–H groups in total. The molecule has 1 aliphatic heterocycles. The molecule has 1 aromatic heterocycles. The second-order valence-electron chi connectivity index (χ2n) is 13.5. The summed E-state index contributed by atoms with van der Waals surface area (Å²) in [5, 5.41) is 33.8. The van der Waals surface area contributed by atoms with E-state index in [2.05, 4.69) is 41.9 Å². The number of hydrogen-bond acceptors (Lipinski definition) is 7. The number of benzene rings is 2. The van der Waals surface area contributed by atoms with Crippen LogP contribution < -0.4 is 4.90 Å². The van der Waals surface area contributed by atoms with E-state index in [1.807, 2.05) is 24.3 Å². The summed E-state index contributed by atoms with van der Waals surface area (Å²) in [4.78, 5) is 18.5. The lowest BCUT2D eigenvalue weighted by atomic mass is 9.64. The Kier molecular flexibility index (Phi) is 8.73. The molecule has 0 spiro atoms. The average molecular weight is 599 g/mol. The van der Waals surface area contributed by atoms with E-state index in [-0.39, 0.29) is 11.7 Å². The van der Waals surface area contributed by atoms with Gasteiger partial charge in [-0.25, -0.2) is 0 Å². The first kappa shape index (κ1) is 30.6. The number of aliphatic hydroxyl groups is 2. The molecule has 1 saturated heterocycles. The smallest absolute Gasteiger partial charge is 0.228 e. The van der Waals surface area contributed by atoms with Crippen molar-refractivity contribution in [3.63, 3.8) is 0 Å². The molecule has 0 radical (unpaired) electrons. The van der Waals surface area contributed by atoms with Gasteiger partial charge in [-0.05, 0) is 99.2 Å². The van der Waals surface area contributed by atoms with Crippen LogP contribution in [0.1, 0.15) is 85.5 Å². The van der Waals surface area contributed by atoms with E-state index < -0.39 is 17.1 Å². The van der Waals surface area contributed by atoms with Gasteiger partial charge in [-0.2, -0.15) is 0 Å². The minimum absolute atomic E-state index is 0.0143. The van der Waals surface area contributed by atoms with Crippen LogP contribution in [0, 0.1) is 5.41 Å². The van der Waals surface area contributed by atoms with E-state index in [9.17, 15) is 20.1 Å². The minimum atomic E-state index is -0.937. The number of anilines is 1. The van der Waals surface area contributed by atoms with Crippen molar-refractivity contribution in [2.45, 2.75) is 76.4 Å². The first-order chi connectivity index (χ1) is 21.2. The molecule has 7 nitrogen and oxygen atoms in total. The monoisotopic (exact) mass is 598 g/mol. The number of furan rings is 1. The van der Waals surface area contributed by atoms with E-state index in [0.29, 0.717) is 42.9 Å². The van der Waals surface area contributed by atoms with Crippen molar-refractivity contribution in [2.75, 3.05) is 37.6 Å². The van der Waals surface area contributed by atoms with Crippen LogP contribution in [0.15, 0.2) is 76.9 Å². The van der Waals surface area contributed by atoms with Crippen LogP contribution in [0.4, 0.5) is 5.69 Å². The summed E-state index contributed by atoms with van der Waals surface area (Å²) >= 11 is 0. The van der Waals surface area contributed by atoms with Crippen molar-refractivity contribution >= 4 is 11.5 Å². The van der Waals surface area contributed by atoms with Gasteiger partial charge in [0.1, 0.15) is 5.75 Å². The third kappa shape index (κ3) is 5.97. The molecule has 4 aliphatic rings. The van der Waals surface area contributed by atoms with Crippen molar-refractivity contribution in [1.29, 1.82) is 0 Å². The molecule has 4 atom stereocenters. The van der Waals surface area contributed by atoms with Gasteiger partial charge >= 0.3 is 0 Å². The molecule has 3 aliphatic carbocycles. The number of nitrogens with zero attached hydrogens (tertiary/aromatic N) is 2. The molecule has 3 aromatic rings. The van der Waals surface area contributed by atoms with Gasteiger partial charge in [0.25, 0.3) is 0 Å². The summed E-state index contributed by atoms with van der Waals surface area (Å²) in [5.74, 6) is 0.442. The van der Waals surface area contributed by atoms with Crippen molar-refractivity contribution in [1.82, 2.24) is 4.90 Å². The second-order valence-corrected chi connectivity index (χ2v) is 13.5. The zero-order chi connectivity index (χ0) is 30.9. The SMILES string of the molecule is CC1=CCCC2(C)C(CCC2(O)CN2CCN(c3ccccc3O)CC2)c2ccc(cc2C(=O)c2ccco2)CC(O)CC1. The van der Waals surface area contributed by atoms with Gasteiger partial charge in [-0.15, -0.1) is 0 Å². The molecule has 7 rings (SSSR count). The zero-order valence-electron chi connectivity index (χ0n) is 26.0. The van der Waals surface area contributed by atoms with Gasteiger partial charge in [-0.1, -0.05) is 42.8 Å². The van der Waals surface area contributed by atoms with Crippen molar-refractivity contribution in [2.24, 2.45) is 5.41 Å². The van der Waals surface area contributed by atoms with Crippen LogP contribution in [0.25, 0.3) is 0 Å². The molecule has 2 heterocycles. The van der Waals surface area contributed by atoms with E-state index in [1.54, 1.807) is 18.2 Å². The lowest BCUT2D eigenvalue weighted by molar-refractivity contribution is -0.0841. The first-order valence-corrected chi connectivity index (χ1v) is 16.2. The quantitative estimate of drug-likeness (QED) is 0.242. The maximum atomic E-state index is 13.9. The highest BCUT2D eigenvalue weighted by molar-refractivity contribution is 6.08. The standard InChI is InChI=1S/C37H46N2O5/c1-26-7-5-16-36(2)31(15-17-37(36,43)25-38-18-20-39(21-19-38)32-8-3-4-9-33(32)41)29-14-12-27(23-28(40)13-11-26)24-30(29)35(42)34-10-6-22-44-34/h3-4,6-10,12,14,22,24,28,31,40-41,43H,5,11,13,15-21,23,25H2,1-2H3. The van der Waals surface area contributed by atoms with Gasteiger partial charge in [0.2, 0.25) is 5.78 Å². The van der Waals surface area contributed by atoms with E-state index in [0.717, 1.165) is 68.7 Å². The third-order valence-electron chi connectivity index (χ3n) is 10.7. The molecule has 2 bridgehead atoms. The van der Waals surface area contributed by atoms with Gasteiger partial charge < -0.3 is 24.6 Å². The van der Waals surface area contributed by atoms with Crippen LogP contribution in [-0.4, -0.2) is 70.4 Å². The summed E-state index contributed by atoms with van der Waals surface area (Å²) < 4.78 is 5.55. The average Bonchev–Trinajstić information content (AvgIpc) is 3.63. The van der Waals surface area contributed by atoms with Gasteiger partial charge in [0.05, 0.1) is 23.7 Å². The lowest BCUT2D eigenvalue weighted by Gasteiger charge is -2.47. The Labute approximate surface area is 260 Å². The first-order valence-electron chi connectivity index (χ1n) is 16.2. The highest BCUT2D eigenvalue weighted by atomic mass is 16.3. The Morgan fingerprint density at radius 3 is 2.57 bits per heavy atom. The normalized spacial score (nSPS) is 28.4. The summed E-state index contributed by atoms with van der Waals surface area (Å²) in [6, 6.07) is 17.0. The molecule has 7 heteroatoms. The molecule has 4 unspecified atom stereocenters. The molecule has 1 saturated carbocycles. The van der Waals surface area contributed by atoms with Gasteiger partial charge in [0, 0.05) is 43.7 Å². The number of β-amino-alcohol motifs (C(OH)–C–C–N with tert-alkyl or cyclic N) is 1. The third-order valence-corrected chi connectivity index (χ3v) is 10.7. The van der Waals surface area contributed by atoms with E-state index in [1.165, 1.54) is 11.8 Å². The van der Waals surface area contributed by atoms with Crippen molar-refractivity contribution < 1.29 is 24.5 Å². The molecular weight excluding hydrogens is 552 g/mol. The molecule has 44 heavy (non-hydrogen) atoms. The Hall–Kier alpha value is -3.39. The van der Waals surface area contributed by atoms with Crippen molar-refractivity contribution in [3.8, 4) is 5.75 Å². The van der Waals surface area contributed by atoms with Crippen molar-refractivity contribution in [3.05, 3.63) is 95.0 Å². The second kappa shape index (κ2) is 12.5. The molecule has 2 fully saturated rings. The number of ketones is 1. The maximum Gasteiger partial charge on any atom is 0.228 e. The topological polar surface area (TPSA) is 97.4 Å². The zero-order valence-corrected chi connectivity index (χ0v) is 26.0.